The maximum Gasteiger partial charge on any atom is 0.255 e. The summed E-state index contributed by atoms with van der Waals surface area (Å²) in [4.78, 5) is 12.9. The highest BCUT2D eigenvalue weighted by Crippen LogP contribution is 2.34. The molecular weight excluding hydrogens is 465 g/mol. The van der Waals surface area contributed by atoms with Gasteiger partial charge in [0.15, 0.2) is 0 Å². The predicted molar refractivity (Wildman–Crippen MR) is 126 cm³/mol. The van der Waals surface area contributed by atoms with Crippen LogP contribution in [0.5, 0.6) is 5.75 Å². The van der Waals surface area contributed by atoms with E-state index >= 15 is 0 Å². The molecule has 33 heavy (non-hydrogen) atoms. The fourth-order valence-electron chi connectivity index (χ4n) is 3.13. The number of tetrazole rings is 1. The molecule has 10 heteroatoms. The Labute approximate surface area is 199 Å². The Bertz CT molecular complexity index is 1270. The molecule has 0 aliphatic rings. The molecule has 0 aliphatic heterocycles. The summed E-state index contributed by atoms with van der Waals surface area (Å²) in [5.74, 6) is 1.51. The average Bonchev–Trinajstić information content (AvgIpc) is 3.52. The van der Waals surface area contributed by atoms with Crippen LogP contribution < -0.4 is 10.1 Å². The number of halogens is 2. The van der Waals surface area contributed by atoms with Crippen molar-refractivity contribution in [1.82, 2.24) is 25.9 Å². The molecule has 168 valence electrons. The fraction of sp³-hybridized carbons (Fsp3) is 0.130. The number of carbonyl (C=O) groups is 1. The lowest BCUT2D eigenvalue weighted by Crippen LogP contribution is -2.27. The van der Waals surface area contributed by atoms with Crippen LogP contribution in [0, 0.1) is 0 Å². The average molecular weight is 484 g/mol. The van der Waals surface area contributed by atoms with Crippen LogP contribution in [0.1, 0.15) is 17.1 Å². The topological polar surface area (TPSA) is 106 Å². The van der Waals surface area contributed by atoms with Crippen LogP contribution in [0.4, 0.5) is 0 Å². The number of hydrogen-bond acceptors (Lipinski definition) is 6. The lowest BCUT2D eigenvalue weighted by molar-refractivity contribution is -0.115. The minimum Gasteiger partial charge on any atom is -0.497 e. The number of methoxy groups -OCH3 is 1. The Morgan fingerprint density at radius 1 is 1.15 bits per heavy atom. The predicted octanol–water partition coefficient (Wildman–Crippen LogP) is 4.67. The smallest absolute Gasteiger partial charge is 0.255 e. The normalized spacial score (nSPS) is 11.4. The Morgan fingerprint density at radius 3 is 2.70 bits per heavy atom. The van der Waals surface area contributed by atoms with Gasteiger partial charge in [-0.25, -0.2) is 0 Å². The van der Waals surface area contributed by atoms with E-state index in [1.165, 1.54) is 0 Å². The van der Waals surface area contributed by atoms with E-state index in [9.17, 15) is 4.79 Å². The number of aromatic amines is 1. The number of nitrogens with one attached hydrogen (secondary N) is 2. The molecule has 0 aliphatic carbocycles. The van der Waals surface area contributed by atoms with E-state index < -0.39 is 0 Å². The molecule has 0 unspecified atom stereocenters. The van der Waals surface area contributed by atoms with Gasteiger partial charge in [-0.3, -0.25) is 4.79 Å². The molecule has 0 saturated heterocycles. The molecule has 2 heterocycles. The third-order valence-corrected chi connectivity index (χ3v) is 5.64. The Morgan fingerprint density at radius 2 is 1.97 bits per heavy atom. The van der Waals surface area contributed by atoms with Gasteiger partial charge in [-0.15, -0.1) is 10.2 Å². The molecule has 0 bridgehead atoms. The van der Waals surface area contributed by atoms with Crippen molar-refractivity contribution in [1.29, 1.82) is 0 Å². The zero-order valence-electron chi connectivity index (χ0n) is 17.5. The number of aromatic nitrogens is 4. The summed E-state index contributed by atoms with van der Waals surface area (Å²) in [6, 6.07) is 16.4. The van der Waals surface area contributed by atoms with Gasteiger partial charge in [0.2, 0.25) is 5.82 Å². The van der Waals surface area contributed by atoms with Gasteiger partial charge in [0, 0.05) is 12.1 Å². The van der Waals surface area contributed by atoms with E-state index in [-0.39, 0.29) is 17.3 Å². The summed E-state index contributed by atoms with van der Waals surface area (Å²) in [7, 11) is 1.62. The zero-order valence-corrected chi connectivity index (χ0v) is 19.0. The maximum absolute atomic E-state index is 12.9. The largest absolute Gasteiger partial charge is 0.497 e. The number of furan rings is 1. The van der Waals surface area contributed by atoms with Gasteiger partial charge in [0.1, 0.15) is 17.3 Å². The number of H-pyrrole nitrogens is 1. The van der Waals surface area contributed by atoms with E-state index in [0.717, 1.165) is 11.3 Å². The third kappa shape index (κ3) is 5.42. The third-order valence-electron chi connectivity index (χ3n) is 4.82. The van der Waals surface area contributed by atoms with Crippen molar-refractivity contribution < 1.29 is 13.9 Å². The van der Waals surface area contributed by atoms with Crippen molar-refractivity contribution in [2.75, 3.05) is 13.7 Å². The number of ether oxygens (including phenoxy) is 1. The summed E-state index contributed by atoms with van der Waals surface area (Å²) >= 11 is 12.4. The van der Waals surface area contributed by atoms with Crippen LogP contribution in [-0.4, -0.2) is 40.2 Å². The van der Waals surface area contributed by atoms with E-state index in [1.807, 2.05) is 24.3 Å². The molecule has 0 radical (unpaired) electrons. The number of rotatable bonds is 8. The summed E-state index contributed by atoms with van der Waals surface area (Å²) in [6.07, 6.45) is 2.20. The zero-order chi connectivity index (χ0) is 23.2. The lowest BCUT2D eigenvalue weighted by Gasteiger charge is -2.07. The minimum absolute atomic E-state index is 0.149. The Balaban J connectivity index is 1.51. The van der Waals surface area contributed by atoms with Crippen molar-refractivity contribution in [3.05, 3.63) is 81.8 Å². The van der Waals surface area contributed by atoms with Gasteiger partial charge in [-0.1, -0.05) is 41.4 Å². The molecule has 8 nitrogen and oxygen atoms in total. The minimum atomic E-state index is -0.358. The van der Waals surface area contributed by atoms with Gasteiger partial charge in [-0.2, -0.15) is 5.21 Å². The molecular formula is C23H19Cl2N5O3. The van der Waals surface area contributed by atoms with E-state index in [4.69, 9.17) is 32.4 Å². The first kappa shape index (κ1) is 22.6. The highest BCUT2D eigenvalue weighted by atomic mass is 35.5. The highest BCUT2D eigenvalue weighted by Gasteiger charge is 2.18. The Kier molecular flexibility index (Phi) is 7.07. The molecule has 0 fully saturated rings. The molecule has 1 amide bonds. The molecule has 0 atom stereocenters. The lowest BCUT2D eigenvalue weighted by atomic mass is 10.1. The van der Waals surface area contributed by atoms with Gasteiger partial charge in [-0.05, 0) is 59.7 Å². The number of amides is 1. The maximum atomic E-state index is 12.9. The molecule has 2 aromatic heterocycles. The van der Waals surface area contributed by atoms with E-state index in [1.54, 1.807) is 43.5 Å². The first-order chi connectivity index (χ1) is 16.0. The SMILES string of the molecule is COc1ccc(CCNC(=O)/C(=C/c2ccc(-c3cccc(Cl)c3Cl)o2)c2nn[nH]n2)cc1. The van der Waals surface area contributed by atoms with E-state index in [0.29, 0.717) is 40.1 Å². The van der Waals surface area contributed by atoms with Crippen LogP contribution in [0.15, 0.2) is 59.0 Å². The van der Waals surface area contributed by atoms with Crippen molar-refractivity contribution >= 4 is 40.8 Å². The summed E-state index contributed by atoms with van der Waals surface area (Å²) in [5, 5.41) is 17.5. The molecule has 4 rings (SSSR count). The van der Waals surface area contributed by atoms with Gasteiger partial charge >= 0.3 is 0 Å². The highest BCUT2D eigenvalue weighted by molar-refractivity contribution is 6.43. The van der Waals surface area contributed by atoms with Crippen LogP contribution in [0.3, 0.4) is 0 Å². The molecule has 4 aromatic rings. The molecule has 2 N–H and O–H groups in total. The second-order valence-electron chi connectivity index (χ2n) is 6.95. The first-order valence-electron chi connectivity index (χ1n) is 9.96. The summed E-state index contributed by atoms with van der Waals surface area (Å²) in [6.45, 7) is 0.419. The van der Waals surface area contributed by atoms with Crippen LogP contribution in [-0.2, 0) is 11.2 Å². The number of carbonyl (C=O) groups excluding carboxylic acids is 1. The summed E-state index contributed by atoms with van der Waals surface area (Å²) < 4.78 is 11.0. The van der Waals surface area contributed by atoms with Gasteiger partial charge in [0.25, 0.3) is 5.91 Å². The van der Waals surface area contributed by atoms with Crippen LogP contribution in [0.25, 0.3) is 23.0 Å². The molecule has 2 aromatic carbocycles. The molecule has 0 spiro atoms. The monoisotopic (exact) mass is 483 g/mol. The van der Waals surface area contributed by atoms with Gasteiger partial charge < -0.3 is 14.5 Å². The number of benzene rings is 2. The van der Waals surface area contributed by atoms with E-state index in [2.05, 4.69) is 25.9 Å². The first-order valence-corrected chi connectivity index (χ1v) is 10.7. The number of nitrogens with zero attached hydrogens (tertiary/aromatic N) is 3. The van der Waals surface area contributed by atoms with Gasteiger partial charge in [0.05, 0.1) is 22.7 Å². The van der Waals surface area contributed by atoms with Crippen molar-refractivity contribution in [3.63, 3.8) is 0 Å². The summed E-state index contributed by atoms with van der Waals surface area (Å²) in [5.41, 5.74) is 1.92. The van der Waals surface area contributed by atoms with Crippen molar-refractivity contribution in [2.45, 2.75) is 6.42 Å². The standard InChI is InChI=1S/C23H19Cl2N5O3/c1-32-15-7-5-14(6-8-15)11-12-26-23(31)18(22-27-29-30-28-22)13-16-9-10-20(33-16)17-3-2-4-19(24)21(17)25/h2-10,13H,11-12H2,1H3,(H,26,31)(H,27,28,29,30)/b18-13+. The van der Waals surface area contributed by atoms with Crippen LogP contribution >= 0.6 is 23.2 Å². The fourth-order valence-corrected chi connectivity index (χ4v) is 3.52. The number of hydrogen-bond donors (Lipinski definition) is 2. The second kappa shape index (κ2) is 10.3. The molecule has 0 saturated carbocycles. The quantitative estimate of drug-likeness (QED) is 0.352. The van der Waals surface area contributed by atoms with Crippen LogP contribution in [0.2, 0.25) is 10.0 Å². The second-order valence-corrected chi connectivity index (χ2v) is 7.74. The van der Waals surface area contributed by atoms with Crippen molar-refractivity contribution in [3.8, 4) is 17.1 Å². The Hall–Kier alpha value is -3.62. The van der Waals surface area contributed by atoms with Crippen molar-refractivity contribution in [2.24, 2.45) is 0 Å².